The summed E-state index contributed by atoms with van der Waals surface area (Å²) in [5, 5.41) is 4.02. The molecule has 0 atom stereocenters. The number of aromatic nitrogens is 2. The predicted octanol–water partition coefficient (Wildman–Crippen LogP) is 1.97. The number of carbonyl (C=O) groups is 1. The summed E-state index contributed by atoms with van der Waals surface area (Å²) in [5.41, 5.74) is 9.01. The highest BCUT2D eigenvalue weighted by Crippen LogP contribution is 2.16. The number of hydrogen-bond acceptors (Lipinski definition) is 3. The van der Waals surface area contributed by atoms with Crippen LogP contribution in [0.3, 0.4) is 0 Å². The number of nitrogens with two attached hydrogens (primary N) is 1. The number of benzene rings is 1. The molecule has 1 aromatic heterocycles. The average molecular weight is 272 g/mol. The Morgan fingerprint density at radius 3 is 2.65 bits per heavy atom. The van der Waals surface area contributed by atoms with Crippen LogP contribution >= 0.6 is 0 Å². The molecule has 0 saturated carbocycles. The molecule has 106 valence electrons. The summed E-state index contributed by atoms with van der Waals surface area (Å²) in [4.78, 5) is 14.4. The highest BCUT2D eigenvalue weighted by molar-refractivity contribution is 5.97. The normalized spacial score (nSPS) is 10.6. The van der Waals surface area contributed by atoms with Gasteiger partial charge in [0.1, 0.15) is 5.69 Å². The number of rotatable bonds is 4. The fourth-order valence-electron chi connectivity index (χ4n) is 2.19. The first-order valence-corrected chi connectivity index (χ1v) is 6.65. The molecule has 1 heterocycles. The van der Waals surface area contributed by atoms with Crippen LogP contribution in [0.5, 0.6) is 0 Å². The third kappa shape index (κ3) is 2.66. The molecule has 5 heteroatoms. The Morgan fingerprint density at radius 2 is 2.10 bits per heavy atom. The van der Waals surface area contributed by atoms with E-state index in [2.05, 4.69) is 5.10 Å². The molecule has 0 spiro atoms. The van der Waals surface area contributed by atoms with Crippen LogP contribution in [0.4, 0.5) is 5.69 Å². The van der Waals surface area contributed by atoms with E-state index in [9.17, 15) is 4.79 Å². The molecule has 0 aliphatic heterocycles. The Morgan fingerprint density at radius 1 is 1.40 bits per heavy atom. The van der Waals surface area contributed by atoms with Gasteiger partial charge in [-0.15, -0.1) is 0 Å². The minimum atomic E-state index is -0.0896. The predicted molar refractivity (Wildman–Crippen MR) is 79.2 cm³/mol. The van der Waals surface area contributed by atoms with Gasteiger partial charge in [0.05, 0.1) is 11.9 Å². The summed E-state index contributed by atoms with van der Waals surface area (Å²) >= 11 is 0. The number of aryl methyl sites for hydroxylation is 2. The van der Waals surface area contributed by atoms with E-state index >= 15 is 0 Å². The van der Waals surface area contributed by atoms with Crippen molar-refractivity contribution in [1.82, 2.24) is 14.7 Å². The van der Waals surface area contributed by atoms with Crippen molar-refractivity contribution < 1.29 is 4.79 Å². The van der Waals surface area contributed by atoms with Crippen LogP contribution in [-0.2, 0) is 13.6 Å². The highest BCUT2D eigenvalue weighted by atomic mass is 16.2. The van der Waals surface area contributed by atoms with Gasteiger partial charge in [-0.05, 0) is 25.0 Å². The van der Waals surface area contributed by atoms with E-state index in [0.717, 1.165) is 5.56 Å². The first-order valence-electron chi connectivity index (χ1n) is 6.65. The van der Waals surface area contributed by atoms with Gasteiger partial charge >= 0.3 is 0 Å². The van der Waals surface area contributed by atoms with E-state index in [-0.39, 0.29) is 5.91 Å². The van der Waals surface area contributed by atoms with E-state index in [1.165, 1.54) is 16.4 Å². The number of amides is 1. The number of carbonyl (C=O) groups excluding carboxylic acids is 1. The molecule has 0 fully saturated rings. The largest absolute Gasteiger partial charge is 0.396 e. The molecule has 0 radical (unpaired) electrons. The van der Waals surface area contributed by atoms with E-state index in [4.69, 9.17) is 5.73 Å². The molecule has 2 aromatic rings. The molecule has 0 aliphatic carbocycles. The lowest BCUT2D eigenvalue weighted by Gasteiger charge is -2.22. The smallest absolute Gasteiger partial charge is 0.274 e. The van der Waals surface area contributed by atoms with E-state index in [0.29, 0.717) is 24.5 Å². The number of nitrogen functional groups attached to an aromatic ring is 1. The second-order valence-corrected chi connectivity index (χ2v) is 4.82. The lowest BCUT2D eigenvalue weighted by Crippen LogP contribution is -2.32. The molecule has 2 N–H and O–H groups in total. The third-order valence-corrected chi connectivity index (χ3v) is 3.46. The molecule has 2 rings (SSSR count). The molecule has 20 heavy (non-hydrogen) atoms. The van der Waals surface area contributed by atoms with E-state index in [1.54, 1.807) is 11.9 Å². The summed E-state index contributed by atoms with van der Waals surface area (Å²) in [7, 11) is 1.73. The summed E-state index contributed by atoms with van der Waals surface area (Å²) in [6, 6.07) is 8.07. The van der Waals surface area contributed by atoms with Crippen molar-refractivity contribution in [3.05, 3.63) is 47.3 Å². The Bertz CT molecular complexity index is 599. The Balaban J connectivity index is 2.25. The fourth-order valence-corrected chi connectivity index (χ4v) is 2.19. The van der Waals surface area contributed by atoms with Crippen LogP contribution in [-0.4, -0.2) is 27.1 Å². The van der Waals surface area contributed by atoms with Crippen molar-refractivity contribution in [3.63, 3.8) is 0 Å². The van der Waals surface area contributed by atoms with Gasteiger partial charge in [-0.2, -0.15) is 5.10 Å². The van der Waals surface area contributed by atoms with Crippen molar-refractivity contribution in [3.8, 4) is 0 Å². The molecule has 1 amide bonds. The molecule has 5 nitrogen and oxygen atoms in total. The quantitative estimate of drug-likeness (QED) is 0.925. The lowest BCUT2D eigenvalue weighted by atomic mass is 10.1. The number of hydrogen-bond donors (Lipinski definition) is 1. The topological polar surface area (TPSA) is 64.2 Å². The maximum Gasteiger partial charge on any atom is 0.274 e. The molecule has 0 aliphatic rings. The van der Waals surface area contributed by atoms with Gasteiger partial charge in [0, 0.05) is 20.1 Å². The molecule has 0 unspecified atom stereocenters. The number of nitrogens with zero attached hydrogens (tertiary/aromatic N) is 3. The molecule has 1 aromatic carbocycles. The summed E-state index contributed by atoms with van der Waals surface area (Å²) < 4.78 is 1.53. The fraction of sp³-hybridized carbons (Fsp3) is 0.333. The standard InChI is InChI=1S/C15H20N4O/c1-4-19(10-12-8-6-5-7-11(12)2)15(20)14-13(16)9-17-18(14)3/h5-9H,4,10,16H2,1-3H3. The van der Waals surface area contributed by atoms with Gasteiger partial charge in [-0.3, -0.25) is 9.48 Å². The molecular formula is C15H20N4O. The molecule has 0 bridgehead atoms. The minimum absolute atomic E-state index is 0.0896. The maximum absolute atomic E-state index is 12.6. The monoisotopic (exact) mass is 272 g/mol. The van der Waals surface area contributed by atoms with Crippen LogP contribution in [0.2, 0.25) is 0 Å². The zero-order chi connectivity index (χ0) is 14.7. The van der Waals surface area contributed by atoms with Crippen molar-refractivity contribution in [1.29, 1.82) is 0 Å². The van der Waals surface area contributed by atoms with Crippen molar-refractivity contribution in [2.24, 2.45) is 7.05 Å². The third-order valence-electron chi connectivity index (χ3n) is 3.46. The lowest BCUT2D eigenvalue weighted by molar-refractivity contribution is 0.0742. The van der Waals surface area contributed by atoms with Crippen LogP contribution in [0, 0.1) is 6.92 Å². The first kappa shape index (κ1) is 14.1. The Hall–Kier alpha value is -2.30. The zero-order valence-corrected chi connectivity index (χ0v) is 12.1. The van der Waals surface area contributed by atoms with Gasteiger partial charge < -0.3 is 10.6 Å². The van der Waals surface area contributed by atoms with Crippen LogP contribution in [0.15, 0.2) is 30.5 Å². The zero-order valence-electron chi connectivity index (χ0n) is 12.1. The Kier molecular flexibility index (Phi) is 4.08. The molecule has 0 saturated heterocycles. The highest BCUT2D eigenvalue weighted by Gasteiger charge is 2.21. The second kappa shape index (κ2) is 5.77. The van der Waals surface area contributed by atoms with Gasteiger partial charge in [-0.25, -0.2) is 0 Å². The summed E-state index contributed by atoms with van der Waals surface area (Å²) in [5.74, 6) is -0.0896. The van der Waals surface area contributed by atoms with Crippen molar-refractivity contribution >= 4 is 11.6 Å². The SMILES string of the molecule is CCN(Cc1ccccc1C)C(=O)c1c(N)cnn1C. The summed E-state index contributed by atoms with van der Waals surface area (Å²) in [6.07, 6.45) is 1.51. The minimum Gasteiger partial charge on any atom is -0.396 e. The second-order valence-electron chi connectivity index (χ2n) is 4.82. The van der Waals surface area contributed by atoms with Gasteiger partial charge in [0.2, 0.25) is 0 Å². The molecular weight excluding hydrogens is 252 g/mol. The van der Waals surface area contributed by atoms with Crippen molar-refractivity contribution in [2.45, 2.75) is 20.4 Å². The average Bonchev–Trinajstić information content (AvgIpc) is 2.76. The Labute approximate surface area is 119 Å². The first-order chi connectivity index (χ1) is 9.54. The number of anilines is 1. The van der Waals surface area contributed by atoms with E-state index in [1.807, 2.05) is 38.1 Å². The van der Waals surface area contributed by atoms with Crippen LogP contribution < -0.4 is 5.73 Å². The van der Waals surface area contributed by atoms with Gasteiger partial charge in [0.25, 0.3) is 5.91 Å². The van der Waals surface area contributed by atoms with E-state index < -0.39 is 0 Å². The van der Waals surface area contributed by atoms with Crippen LogP contribution in [0.1, 0.15) is 28.5 Å². The maximum atomic E-state index is 12.6. The van der Waals surface area contributed by atoms with Crippen molar-refractivity contribution in [2.75, 3.05) is 12.3 Å². The van der Waals surface area contributed by atoms with Gasteiger partial charge in [0.15, 0.2) is 0 Å². The summed E-state index contributed by atoms with van der Waals surface area (Å²) in [6.45, 7) is 5.21. The van der Waals surface area contributed by atoms with Crippen LogP contribution in [0.25, 0.3) is 0 Å². The van der Waals surface area contributed by atoms with Gasteiger partial charge in [-0.1, -0.05) is 24.3 Å².